The van der Waals surface area contributed by atoms with Gasteiger partial charge in [-0.05, 0) is 68.1 Å². The number of hydrogen-bond donors (Lipinski definition) is 1. The van der Waals surface area contributed by atoms with Gasteiger partial charge in [0.1, 0.15) is 0 Å². The smallest absolute Gasteiger partial charge is 0.311 e. The number of likely N-dealkylation sites (tertiary alicyclic amines) is 1. The van der Waals surface area contributed by atoms with E-state index in [0.717, 1.165) is 50.0 Å². The first-order chi connectivity index (χ1) is 13.6. The second kappa shape index (κ2) is 8.29. The number of amides is 2. The summed E-state index contributed by atoms with van der Waals surface area (Å²) in [6, 6.07) is 10.5. The minimum absolute atomic E-state index is 0.161. The maximum atomic E-state index is 12.6. The summed E-state index contributed by atoms with van der Waals surface area (Å²) in [4.78, 5) is 31.2. The molecule has 5 nitrogen and oxygen atoms in total. The number of nitrogens with zero attached hydrogens (tertiary/aromatic N) is 2. The van der Waals surface area contributed by atoms with Gasteiger partial charge in [-0.2, -0.15) is 0 Å². The molecule has 4 rings (SSSR count). The van der Waals surface area contributed by atoms with E-state index < -0.39 is 5.91 Å². The molecule has 148 valence electrons. The van der Waals surface area contributed by atoms with Gasteiger partial charge < -0.3 is 10.2 Å². The molecule has 1 aliphatic carbocycles. The molecule has 1 aliphatic heterocycles. The van der Waals surface area contributed by atoms with E-state index in [1.54, 1.807) is 4.90 Å². The van der Waals surface area contributed by atoms with Crippen LogP contribution < -0.4 is 5.32 Å². The van der Waals surface area contributed by atoms with Crippen molar-refractivity contribution >= 4 is 22.7 Å². The molecule has 2 aliphatic rings. The third kappa shape index (κ3) is 4.03. The van der Waals surface area contributed by atoms with E-state index in [1.807, 2.05) is 24.4 Å². The molecule has 1 aromatic carbocycles. The van der Waals surface area contributed by atoms with Gasteiger partial charge in [0.2, 0.25) is 0 Å². The number of hydrogen-bond acceptors (Lipinski definition) is 3. The molecule has 0 spiro atoms. The number of para-hydroxylation sites is 1. The zero-order chi connectivity index (χ0) is 19.5. The van der Waals surface area contributed by atoms with Gasteiger partial charge in [0.15, 0.2) is 0 Å². The lowest BCUT2D eigenvalue weighted by atomic mass is 9.87. The molecule has 0 unspecified atom stereocenters. The maximum absolute atomic E-state index is 12.6. The highest BCUT2D eigenvalue weighted by Gasteiger charge is 2.30. The van der Waals surface area contributed by atoms with Crippen LogP contribution in [0.4, 0.5) is 0 Å². The average Bonchev–Trinajstić information content (AvgIpc) is 2.74. The van der Waals surface area contributed by atoms with E-state index in [-0.39, 0.29) is 11.9 Å². The molecular formula is C23H29N3O2. The van der Waals surface area contributed by atoms with Gasteiger partial charge in [-0.15, -0.1) is 0 Å². The van der Waals surface area contributed by atoms with Gasteiger partial charge in [0, 0.05) is 30.7 Å². The average molecular weight is 380 g/mol. The van der Waals surface area contributed by atoms with Gasteiger partial charge in [-0.25, -0.2) is 0 Å². The Balaban J connectivity index is 1.34. The Morgan fingerprint density at radius 1 is 1.00 bits per heavy atom. The van der Waals surface area contributed by atoms with E-state index in [2.05, 4.69) is 29.4 Å². The van der Waals surface area contributed by atoms with Crippen molar-refractivity contribution in [3.63, 3.8) is 0 Å². The van der Waals surface area contributed by atoms with Crippen molar-refractivity contribution in [3.05, 3.63) is 42.1 Å². The second-order valence-electron chi connectivity index (χ2n) is 8.41. The first kappa shape index (κ1) is 18.9. The Hall–Kier alpha value is -2.43. The van der Waals surface area contributed by atoms with E-state index in [1.165, 1.54) is 10.9 Å². The number of rotatable bonds is 2. The van der Waals surface area contributed by atoms with E-state index >= 15 is 0 Å². The fourth-order valence-corrected chi connectivity index (χ4v) is 4.66. The summed E-state index contributed by atoms with van der Waals surface area (Å²) in [6.07, 6.45) is 7.86. The van der Waals surface area contributed by atoms with Crippen LogP contribution in [-0.4, -0.2) is 40.8 Å². The summed E-state index contributed by atoms with van der Waals surface area (Å²) in [5.41, 5.74) is 2.32. The van der Waals surface area contributed by atoms with Crippen molar-refractivity contribution < 1.29 is 9.59 Å². The van der Waals surface area contributed by atoms with Crippen LogP contribution in [-0.2, 0) is 9.59 Å². The molecule has 5 heteroatoms. The quantitative estimate of drug-likeness (QED) is 0.811. The Bertz CT molecular complexity index is 845. The standard InChI is InChI=1S/C23H29N3O2/c1-16-6-8-18(9-7-16)25-22(27)23(28)26-14-11-17(12-15-26)19-10-13-24-21-5-3-2-4-20(19)21/h2-5,10,13,16-18H,6-9,11-12,14-15H2,1H3,(H,25,27). The summed E-state index contributed by atoms with van der Waals surface area (Å²) in [6.45, 7) is 3.52. The lowest BCUT2D eigenvalue weighted by molar-refractivity contribution is -0.147. The van der Waals surface area contributed by atoms with Crippen molar-refractivity contribution in [2.45, 2.75) is 57.4 Å². The van der Waals surface area contributed by atoms with Crippen molar-refractivity contribution in [2.75, 3.05) is 13.1 Å². The molecule has 2 amide bonds. The van der Waals surface area contributed by atoms with Crippen LogP contribution in [0.3, 0.4) is 0 Å². The van der Waals surface area contributed by atoms with E-state index in [0.29, 0.717) is 19.0 Å². The molecule has 28 heavy (non-hydrogen) atoms. The number of pyridine rings is 1. The van der Waals surface area contributed by atoms with Gasteiger partial charge in [-0.3, -0.25) is 14.6 Å². The summed E-state index contributed by atoms with van der Waals surface area (Å²) in [5.74, 6) is 0.344. The third-order valence-electron chi connectivity index (χ3n) is 6.45. The van der Waals surface area contributed by atoms with Gasteiger partial charge in [0.25, 0.3) is 0 Å². The number of nitrogens with one attached hydrogen (secondary N) is 1. The summed E-state index contributed by atoms with van der Waals surface area (Å²) < 4.78 is 0. The highest BCUT2D eigenvalue weighted by Crippen LogP contribution is 2.32. The molecule has 1 N–H and O–H groups in total. The van der Waals surface area contributed by atoms with Crippen LogP contribution in [0.1, 0.15) is 56.9 Å². The van der Waals surface area contributed by atoms with E-state index in [4.69, 9.17) is 0 Å². The lowest BCUT2D eigenvalue weighted by Crippen LogP contribution is -2.49. The maximum Gasteiger partial charge on any atom is 0.311 e. The van der Waals surface area contributed by atoms with Crippen LogP contribution in [0, 0.1) is 5.92 Å². The highest BCUT2D eigenvalue weighted by atomic mass is 16.2. The summed E-state index contributed by atoms with van der Waals surface area (Å²) in [5, 5.41) is 4.16. The third-order valence-corrected chi connectivity index (χ3v) is 6.45. The number of piperidine rings is 1. The Morgan fingerprint density at radius 2 is 1.71 bits per heavy atom. The molecule has 2 aromatic rings. The van der Waals surface area contributed by atoms with Gasteiger partial charge >= 0.3 is 11.8 Å². The van der Waals surface area contributed by atoms with Crippen molar-refractivity contribution in [1.82, 2.24) is 15.2 Å². The van der Waals surface area contributed by atoms with Gasteiger partial charge in [0.05, 0.1) is 5.52 Å². The Kier molecular flexibility index (Phi) is 5.60. The largest absolute Gasteiger partial charge is 0.345 e. The minimum atomic E-state index is -0.424. The number of carbonyl (C=O) groups is 2. The summed E-state index contributed by atoms with van der Waals surface area (Å²) >= 11 is 0. The van der Waals surface area contributed by atoms with Crippen molar-refractivity contribution in [2.24, 2.45) is 5.92 Å². The molecule has 1 aromatic heterocycles. The predicted octanol–water partition coefficient (Wildman–Crippen LogP) is 3.64. The van der Waals surface area contributed by atoms with Crippen LogP contribution >= 0.6 is 0 Å². The molecule has 0 radical (unpaired) electrons. The summed E-state index contributed by atoms with van der Waals surface area (Å²) in [7, 11) is 0. The number of aromatic nitrogens is 1. The number of carbonyl (C=O) groups excluding carboxylic acids is 2. The highest BCUT2D eigenvalue weighted by molar-refractivity contribution is 6.35. The first-order valence-electron chi connectivity index (χ1n) is 10.5. The number of fused-ring (bicyclic) bond motifs is 1. The minimum Gasteiger partial charge on any atom is -0.345 e. The van der Waals surface area contributed by atoms with Crippen molar-refractivity contribution in [1.29, 1.82) is 0 Å². The van der Waals surface area contributed by atoms with Crippen molar-refractivity contribution in [3.8, 4) is 0 Å². The van der Waals surface area contributed by atoms with Crippen LogP contribution in [0.15, 0.2) is 36.5 Å². The zero-order valence-corrected chi connectivity index (χ0v) is 16.6. The fraction of sp³-hybridized carbons (Fsp3) is 0.522. The molecular weight excluding hydrogens is 350 g/mol. The monoisotopic (exact) mass is 379 g/mol. The SMILES string of the molecule is CC1CCC(NC(=O)C(=O)N2CCC(c3ccnc4ccccc34)CC2)CC1. The number of benzene rings is 1. The first-order valence-corrected chi connectivity index (χ1v) is 10.5. The molecule has 1 saturated heterocycles. The Morgan fingerprint density at radius 3 is 2.46 bits per heavy atom. The van der Waals surface area contributed by atoms with Gasteiger partial charge in [-0.1, -0.05) is 25.1 Å². The molecule has 0 atom stereocenters. The lowest BCUT2D eigenvalue weighted by Gasteiger charge is -2.33. The molecule has 0 bridgehead atoms. The van der Waals surface area contributed by atoms with Crippen LogP contribution in [0.25, 0.3) is 10.9 Å². The molecule has 2 heterocycles. The van der Waals surface area contributed by atoms with Crippen LogP contribution in [0.5, 0.6) is 0 Å². The zero-order valence-electron chi connectivity index (χ0n) is 16.6. The topological polar surface area (TPSA) is 62.3 Å². The fourth-order valence-electron chi connectivity index (χ4n) is 4.66. The second-order valence-corrected chi connectivity index (χ2v) is 8.41. The molecule has 2 fully saturated rings. The normalized spacial score (nSPS) is 23.5. The van der Waals surface area contributed by atoms with Crippen LogP contribution in [0.2, 0.25) is 0 Å². The Labute approximate surface area is 166 Å². The molecule has 1 saturated carbocycles. The predicted molar refractivity (Wildman–Crippen MR) is 110 cm³/mol. The van der Waals surface area contributed by atoms with E-state index in [9.17, 15) is 9.59 Å².